The molecule has 0 aromatic heterocycles. The number of nitro groups is 1. The van der Waals surface area contributed by atoms with E-state index in [-0.39, 0.29) is 0 Å². The Morgan fingerprint density at radius 2 is 2.05 bits per heavy atom. The smallest absolute Gasteiger partial charge is 0.304 e. The molecular weight excluding hydrogens is 283 g/mol. The monoisotopic (exact) mass is 294 g/mol. The van der Waals surface area contributed by atoms with E-state index in [0.717, 1.165) is 23.4 Å². The van der Waals surface area contributed by atoms with Crippen molar-refractivity contribution in [2.75, 3.05) is 5.32 Å². The maximum absolute atomic E-state index is 13.5. The Kier molecular flexibility index (Phi) is 4.20. The Hall–Kier alpha value is -2.14. The topological polar surface area (TPSA) is 55.2 Å². The Morgan fingerprint density at radius 1 is 1.30 bits per heavy atom. The van der Waals surface area contributed by atoms with Gasteiger partial charge in [0.05, 0.1) is 4.92 Å². The quantitative estimate of drug-likeness (QED) is 0.675. The minimum absolute atomic E-state index is 0.357. The molecule has 0 aliphatic heterocycles. The fourth-order valence-electron chi connectivity index (χ4n) is 1.79. The summed E-state index contributed by atoms with van der Waals surface area (Å²) >= 11 is 5.90. The third kappa shape index (κ3) is 3.24. The van der Waals surface area contributed by atoms with Gasteiger partial charge in [0.15, 0.2) is 0 Å². The fraction of sp³-hybridized carbons (Fsp3) is 0.143. The largest absolute Gasteiger partial charge is 0.381 e. The average Bonchev–Trinajstić information content (AvgIpc) is 2.39. The van der Waals surface area contributed by atoms with Gasteiger partial charge in [-0.05, 0) is 36.2 Å². The molecule has 6 heteroatoms. The van der Waals surface area contributed by atoms with Crippen LogP contribution in [-0.2, 0) is 6.54 Å². The van der Waals surface area contributed by atoms with E-state index in [9.17, 15) is 14.5 Å². The van der Waals surface area contributed by atoms with Crippen molar-refractivity contribution >= 4 is 23.0 Å². The normalized spacial score (nSPS) is 10.3. The molecule has 2 aromatic carbocycles. The highest BCUT2D eigenvalue weighted by Gasteiger charge is 2.13. The standard InChI is InChI=1S/C14H12ClFN2O2/c1-9-2-4-11(15)7-13(9)17-8-10-3-5-14(18(19)20)12(16)6-10/h2-7,17H,8H2,1H3. The first kappa shape index (κ1) is 14.3. The Balaban J connectivity index is 2.13. The van der Waals surface area contributed by atoms with Crippen LogP contribution in [0.25, 0.3) is 0 Å². The lowest BCUT2D eigenvalue weighted by molar-refractivity contribution is -0.387. The summed E-state index contributed by atoms with van der Waals surface area (Å²) in [7, 11) is 0. The Bertz CT molecular complexity index is 662. The van der Waals surface area contributed by atoms with E-state index in [2.05, 4.69) is 5.32 Å². The van der Waals surface area contributed by atoms with Gasteiger partial charge in [-0.1, -0.05) is 23.7 Å². The third-order valence-corrected chi connectivity index (χ3v) is 3.13. The molecule has 0 fully saturated rings. The Morgan fingerprint density at radius 3 is 2.70 bits per heavy atom. The van der Waals surface area contributed by atoms with E-state index in [4.69, 9.17) is 11.6 Å². The number of rotatable bonds is 4. The molecule has 4 nitrogen and oxygen atoms in total. The summed E-state index contributed by atoms with van der Waals surface area (Å²) < 4.78 is 13.5. The van der Waals surface area contributed by atoms with Crippen molar-refractivity contribution in [1.82, 2.24) is 0 Å². The predicted molar refractivity (Wildman–Crippen MR) is 76.6 cm³/mol. The fourth-order valence-corrected chi connectivity index (χ4v) is 1.96. The van der Waals surface area contributed by atoms with Gasteiger partial charge in [0, 0.05) is 23.3 Å². The summed E-state index contributed by atoms with van der Waals surface area (Å²) in [5.41, 5.74) is 1.95. The van der Waals surface area contributed by atoms with E-state index < -0.39 is 16.4 Å². The molecule has 2 rings (SSSR count). The lowest BCUT2D eigenvalue weighted by Gasteiger charge is -2.10. The van der Waals surface area contributed by atoms with Gasteiger partial charge in [0.1, 0.15) is 0 Å². The van der Waals surface area contributed by atoms with Crippen LogP contribution in [-0.4, -0.2) is 4.92 Å². The van der Waals surface area contributed by atoms with Gasteiger partial charge in [-0.15, -0.1) is 0 Å². The summed E-state index contributed by atoms with van der Waals surface area (Å²) in [5, 5.41) is 14.3. The number of aryl methyl sites for hydroxylation is 1. The number of hydrogen-bond acceptors (Lipinski definition) is 3. The predicted octanol–water partition coefficient (Wildman–Crippen LogP) is 4.31. The number of nitrogens with one attached hydrogen (secondary N) is 1. The van der Waals surface area contributed by atoms with Gasteiger partial charge in [-0.3, -0.25) is 10.1 Å². The molecule has 1 N–H and O–H groups in total. The van der Waals surface area contributed by atoms with Gasteiger partial charge in [-0.25, -0.2) is 0 Å². The zero-order valence-corrected chi connectivity index (χ0v) is 11.4. The maximum atomic E-state index is 13.5. The third-order valence-electron chi connectivity index (χ3n) is 2.89. The van der Waals surface area contributed by atoms with Crippen molar-refractivity contribution in [2.24, 2.45) is 0 Å². The molecule has 0 unspecified atom stereocenters. The lowest BCUT2D eigenvalue weighted by atomic mass is 10.1. The number of benzene rings is 2. The molecule has 104 valence electrons. The van der Waals surface area contributed by atoms with Crippen molar-refractivity contribution in [3.05, 3.63) is 68.5 Å². The van der Waals surface area contributed by atoms with Crippen LogP contribution in [0.5, 0.6) is 0 Å². The molecule has 2 aromatic rings. The summed E-state index contributed by atoms with van der Waals surface area (Å²) in [4.78, 5) is 9.79. The molecule has 0 bridgehead atoms. The van der Waals surface area contributed by atoms with Crippen LogP contribution in [0.15, 0.2) is 36.4 Å². The summed E-state index contributed by atoms with van der Waals surface area (Å²) in [5.74, 6) is -0.836. The van der Waals surface area contributed by atoms with Gasteiger partial charge in [0.2, 0.25) is 5.82 Å². The molecule has 0 amide bonds. The SMILES string of the molecule is Cc1ccc(Cl)cc1NCc1ccc([N+](=O)[O-])c(F)c1. The van der Waals surface area contributed by atoms with Crippen LogP contribution in [0.3, 0.4) is 0 Å². The number of halogens is 2. The number of hydrogen-bond donors (Lipinski definition) is 1. The minimum atomic E-state index is -0.836. The first-order valence-corrected chi connectivity index (χ1v) is 6.28. The zero-order valence-electron chi connectivity index (χ0n) is 10.7. The van der Waals surface area contributed by atoms with Crippen LogP contribution in [0.4, 0.5) is 15.8 Å². The van der Waals surface area contributed by atoms with Crippen LogP contribution in [0, 0.1) is 22.9 Å². The van der Waals surface area contributed by atoms with Crippen molar-refractivity contribution in [3.8, 4) is 0 Å². The first-order valence-electron chi connectivity index (χ1n) is 5.90. The molecule has 0 spiro atoms. The van der Waals surface area contributed by atoms with Crippen LogP contribution in [0.2, 0.25) is 5.02 Å². The molecule has 0 heterocycles. The van der Waals surface area contributed by atoms with Gasteiger partial charge in [0.25, 0.3) is 0 Å². The molecule has 0 aliphatic rings. The highest BCUT2D eigenvalue weighted by Crippen LogP contribution is 2.22. The molecule has 0 saturated carbocycles. The number of nitro benzene ring substituents is 1. The van der Waals surface area contributed by atoms with Gasteiger partial charge < -0.3 is 5.32 Å². The van der Waals surface area contributed by atoms with E-state index in [1.807, 2.05) is 13.0 Å². The zero-order chi connectivity index (χ0) is 14.7. The maximum Gasteiger partial charge on any atom is 0.304 e. The average molecular weight is 295 g/mol. The first-order chi connectivity index (χ1) is 9.47. The summed E-state index contributed by atoms with van der Waals surface area (Å²) in [6.07, 6.45) is 0. The molecule has 0 radical (unpaired) electrons. The highest BCUT2D eigenvalue weighted by atomic mass is 35.5. The van der Waals surface area contributed by atoms with Crippen molar-refractivity contribution in [3.63, 3.8) is 0 Å². The van der Waals surface area contributed by atoms with Crippen LogP contribution < -0.4 is 5.32 Å². The Labute approximate surface area is 120 Å². The van der Waals surface area contributed by atoms with Crippen molar-refractivity contribution in [2.45, 2.75) is 13.5 Å². The van der Waals surface area contributed by atoms with E-state index in [1.54, 1.807) is 12.1 Å². The van der Waals surface area contributed by atoms with Gasteiger partial charge >= 0.3 is 5.69 Å². The minimum Gasteiger partial charge on any atom is -0.381 e. The van der Waals surface area contributed by atoms with Crippen molar-refractivity contribution in [1.29, 1.82) is 0 Å². The summed E-state index contributed by atoms with van der Waals surface area (Å²) in [6.45, 7) is 2.28. The second kappa shape index (κ2) is 5.88. The molecule has 0 saturated heterocycles. The van der Waals surface area contributed by atoms with Crippen LogP contribution in [0.1, 0.15) is 11.1 Å². The van der Waals surface area contributed by atoms with E-state index >= 15 is 0 Å². The molecule has 0 atom stereocenters. The summed E-state index contributed by atoms with van der Waals surface area (Å²) in [6, 6.07) is 9.28. The lowest BCUT2D eigenvalue weighted by Crippen LogP contribution is -2.02. The molecule has 0 aliphatic carbocycles. The van der Waals surface area contributed by atoms with E-state index in [0.29, 0.717) is 17.1 Å². The molecule has 20 heavy (non-hydrogen) atoms. The second-order valence-electron chi connectivity index (χ2n) is 4.36. The number of anilines is 1. The van der Waals surface area contributed by atoms with Crippen molar-refractivity contribution < 1.29 is 9.31 Å². The van der Waals surface area contributed by atoms with Crippen LogP contribution >= 0.6 is 11.6 Å². The highest BCUT2D eigenvalue weighted by molar-refractivity contribution is 6.30. The second-order valence-corrected chi connectivity index (χ2v) is 4.79. The van der Waals surface area contributed by atoms with E-state index in [1.165, 1.54) is 6.07 Å². The number of nitrogens with zero attached hydrogens (tertiary/aromatic N) is 1. The van der Waals surface area contributed by atoms with Gasteiger partial charge in [-0.2, -0.15) is 4.39 Å². The molecular formula is C14H12ClFN2O2.